The van der Waals surface area contributed by atoms with E-state index in [4.69, 9.17) is 14.6 Å². The van der Waals surface area contributed by atoms with Crippen molar-refractivity contribution >= 4 is 39.0 Å². The van der Waals surface area contributed by atoms with Gasteiger partial charge in [0.05, 0.1) is 12.0 Å². The number of methoxy groups -OCH3 is 1. The van der Waals surface area contributed by atoms with Gasteiger partial charge in [0.25, 0.3) is 5.91 Å². The van der Waals surface area contributed by atoms with Crippen molar-refractivity contribution in [3.63, 3.8) is 0 Å². The van der Waals surface area contributed by atoms with E-state index in [2.05, 4.69) is 51.5 Å². The first kappa shape index (κ1) is 31.0. The zero-order chi connectivity index (χ0) is 30.1. The van der Waals surface area contributed by atoms with Crippen LogP contribution in [0.5, 0.6) is 5.75 Å². The molecule has 42 heavy (non-hydrogen) atoms. The molecule has 1 aliphatic heterocycles. The third-order valence-corrected chi connectivity index (χ3v) is 7.82. The van der Waals surface area contributed by atoms with E-state index in [0.29, 0.717) is 0 Å². The Morgan fingerprint density at radius 2 is 1.50 bits per heavy atom. The second-order valence-corrected chi connectivity index (χ2v) is 10.9. The van der Waals surface area contributed by atoms with Gasteiger partial charge in [-0.25, -0.2) is 4.79 Å². The molecule has 0 atom stereocenters. The summed E-state index contributed by atoms with van der Waals surface area (Å²) in [5, 5.41) is 11.3. The smallest absolute Gasteiger partial charge is 0.490 e. The highest BCUT2D eigenvalue weighted by molar-refractivity contribution is 7.20. The number of hydrogen-bond acceptors (Lipinski definition) is 6. The van der Waals surface area contributed by atoms with Gasteiger partial charge < -0.3 is 15.2 Å². The van der Waals surface area contributed by atoms with Crippen LogP contribution >= 0.6 is 11.3 Å². The molecule has 11 heteroatoms. The molecule has 0 radical (unpaired) electrons. The lowest BCUT2D eigenvalue weighted by molar-refractivity contribution is -0.192. The summed E-state index contributed by atoms with van der Waals surface area (Å²) in [5.74, 6) is -1.89. The van der Waals surface area contributed by atoms with Gasteiger partial charge in [-0.1, -0.05) is 42.5 Å². The van der Waals surface area contributed by atoms with Crippen LogP contribution in [0.2, 0.25) is 0 Å². The van der Waals surface area contributed by atoms with Gasteiger partial charge in [-0.15, -0.1) is 11.3 Å². The molecule has 0 saturated carbocycles. The predicted octanol–water partition coefficient (Wildman–Crippen LogP) is 6.50. The van der Waals surface area contributed by atoms with E-state index in [1.807, 2.05) is 42.5 Å². The summed E-state index contributed by atoms with van der Waals surface area (Å²) in [6.45, 7) is 6.08. The monoisotopic (exact) mass is 599 g/mol. The zero-order valence-corrected chi connectivity index (χ0v) is 23.9. The van der Waals surface area contributed by atoms with Crippen LogP contribution in [0.25, 0.3) is 10.1 Å². The SMILES string of the molecule is COc1cccc(CN2CCCN(Cc3cccc(NC(=O)c4cc5ccccc5s4)c3)CC2)c1.O=C(O)C(F)(F)F. The third kappa shape index (κ3) is 9.04. The molecule has 3 aromatic carbocycles. The summed E-state index contributed by atoms with van der Waals surface area (Å²) in [4.78, 5) is 27.5. The second kappa shape index (κ2) is 14.3. The van der Waals surface area contributed by atoms with Crippen molar-refractivity contribution in [2.45, 2.75) is 25.7 Å². The topological polar surface area (TPSA) is 82.1 Å². The number of nitrogens with one attached hydrogen (secondary N) is 1. The number of carboxylic acids is 1. The van der Waals surface area contributed by atoms with Crippen molar-refractivity contribution in [2.24, 2.45) is 0 Å². The number of aliphatic carboxylic acids is 1. The van der Waals surface area contributed by atoms with Crippen LogP contribution in [-0.4, -0.2) is 66.2 Å². The Bertz CT molecular complexity index is 1480. The maximum atomic E-state index is 12.8. The molecule has 0 aliphatic carbocycles. The number of amides is 1. The first-order valence-corrected chi connectivity index (χ1v) is 14.2. The number of halogens is 3. The minimum Gasteiger partial charge on any atom is -0.497 e. The highest BCUT2D eigenvalue weighted by Gasteiger charge is 2.38. The number of benzene rings is 3. The Labute approximate surface area is 246 Å². The Morgan fingerprint density at radius 3 is 2.12 bits per heavy atom. The van der Waals surface area contributed by atoms with E-state index in [0.717, 1.165) is 72.1 Å². The Hall–Kier alpha value is -3.93. The van der Waals surface area contributed by atoms with Crippen LogP contribution in [0.1, 0.15) is 27.2 Å². The molecule has 1 saturated heterocycles. The highest BCUT2D eigenvalue weighted by atomic mass is 32.1. The van der Waals surface area contributed by atoms with Crippen molar-refractivity contribution in [1.82, 2.24) is 9.80 Å². The van der Waals surface area contributed by atoms with Gasteiger partial charge in [-0.05, 0) is 72.4 Å². The standard InChI is InChI=1S/C29H31N3O2S.C2HF3O2/c1-34-26-11-5-8-23(18-26)21-32-14-6-13-31(15-16-32)20-22-7-4-10-25(17-22)30-29(33)28-19-24-9-2-3-12-27(24)35-28;3-2(4,5)1(6)7/h2-5,7-12,17-19H,6,13-16,20-21H2,1H3,(H,30,33);(H,6,7). The van der Waals surface area contributed by atoms with Gasteiger partial charge in [-0.2, -0.15) is 13.2 Å². The normalized spacial score (nSPS) is 14.5. The fourth-order valence-electron chi connectivity index (χ4n) is 4.66. The molecule has 1 amide bonds. The van der Waals surface area contributed by atoms with Crippen LogP contribution in [0.4, 0.5) is 18.9 Å². The van der Waals surface area contributed by atoms with Gasteiger partial charge in [-0.3, -0.25) is 14.6 Å². The Kier molecular flexibility index (Phi) is 10.6. The zero-order valence-electron chi connectivity index (χ0n) is 23.1. The number of thiophene rings is 1. The molecule has 2 N–H and O–H groups in total. The van der Waals surface area contributed by atoms with E-state index in [-0.39, 0.29) is 5.91 Å². The number of alkyl halides is 3. The van der Waals surface area contributed by atoms with Gasteiger partial charge in [0.2, 0.25) is 0 Å². The van der Waals surface area contributed by atoms with Crippen molar-refractivity contribution < 1.29 is 32.6 Å². The molecule has 7 nitrogen and oxygen atoms in total. The summed E-state index contributed by atoms with van der Waals surface area (Å²) >= 11 is 1.53. The lowest BCUT2D eigenvalue weighted by Gasteiger charge is -2.22. The van der Waals surface area contributed by atoms with Crippen LogP contribution in [0, 0.1) is 0 Å². The van der Waals surface area contributed by atoms with Crippen molar-refractivity contribution in [1.29, 1.82) is 0 Å². The third-order valence-electron chi connectivity index (χ3n) is 6.70. The minimum absolute atomic E-state index is 0.0497. The summed E-state index contributed by atoms with van der Waals surface area (Å²) in [5.41, 5.74) is 3.36. The number of hydrogen-bond donors (Lipinski definition) is 2. The van der Waals surface area contributed by atoms with E-state index in [9.17, 15) is 18.0 Å². The second-order valence-electron chi connectivity index (χ2n) is 9.86. The average Bonchev–Trinajstić information content (AvgIpc) is 3.29. The average molecular weight is 600 g/mol. The highest BCUT2D eigenvalue weighted by Crippen LogP contribution is 2.26. The number of carboxylic acid groups (broad SMARTS) is 1. The number of nitrogens with zero attached hydrogens (tertiary/aromatic N) is 2. The predicted molar refractivity (Wildman–Crippen MR) is 158 cm³/mol. The molecule has 2 heterocycles. The van der Waals surface area contributed by atoms with Crippen LogP contribution in [-0.2, 0) is 17.9 Å². The fourth-order valence-corrected chi connectivity index (χ4v) is 5.62. The van der Waals surface area contributed by atoms with Gasteiger partial charge in [0, 0.05) is 36.6 Å². The van der Waals surface area contributed by atoms with Gasteiger partial charge >= 0.3 is 12.1 Å². The molecular formula is C31H32F3N3O4S. The lowest BCUT2D eigenvalue weighted by Crippen LogP contribution is -2.30. The summed E-state index contributed by atoms with van der Waals surface area (Å²) in [6, 6.07) is 26.7. The van der Waals surface area contributed by atoms with Crippen molar-refractivity contribution in [3.05, 3.63) is 94.9 Å². The molecular weight excluding hydrogens is 567 g/mol. The number of carbonyl (C=O) groups is 2. The van der Waals surface area contributed by atoms with Crippen LogP contribution < -0.4 is 10.1 Å². The van der Waals surface area contributed by atoms with E-state index < -0.39 is 12.1 Å². The molecule has 0 spiro atoms. The minimum atomic E-state index is -5.08. The van der Waals surface area contributed by atoms with E-state index in [1.165, 1.54) is 22.5 Å². The molecule has 0 unspecified atom stereocenters. The molecule has 4 aromatic rings. The number of carbonyl (C=O) groups excluding carboxylic acids is 1. The number of anilines is 1. The molecule has 5 rings (SSSR count). The number of fused-ring (bicyclic) bond motifs is 1. The summed E-state index contributed by atoms with van der Waals surface area (Å²) < 4.78 is 38.2. The first-order chi connectivity index (χ1) is 20.1. The number of rotatable bonds is 7. The first-order valence-electron chi connectivity index (χ1n) is 13.4. The van der Waals surface area contributed by atoms with E-state index in [1.54, 1.807) is 7.11 Å². The fraction of sp³-hybridized carbons (Fsp3) is 0.290. The molecule has 1 aliphatic rings. The molecule has 0 bridgehead atoms. The van der Waals surface area contributed by atoms with E-state index >= 15 is 0 Å². The van der Waals surface area contributed by atoms with Gasteiger partial charge in [0.15, 0.2) is 0 Å². The van der Waals surface area contributed by atoms with Crippen molar-refractivity contribution in [2.75, 3.05) is 38.6 Å². The molecule has 1 fully saturated rings. The summed E-state index contributed by atoms with van der Waals surface area (Å²) in [6.07, 6.45) is -3.94. The Balaban J connectivity index is 0.000000517. The largest absolute Gasteiger partial charge is 0.497 e. The number of ether oxygens (including phenoxy) is 1. The maximum absolute atomic E-state index is 12.8. The van der Waals surface area contributed by atoms with Gasteiger partial charge in [0.1, 0.15) is 5.75 Å². The molecule has 222 valence electrons. The maximum Gasteiger partial charge on any atom is 0.490 e. The van der Waals surface area contributed by atoms with Crippen molar-refractivity contribution in [3.8, 4) is 5.75 Å². The Morgan fingerprint density at radius 1 is 0.881 bits per heavy atom. The summed E-state index contributed by atoms with van der Waals surface area (Å²) in [7, 11) is 1.72. The molecule has 1 aromatic heterocycles. The van der Waals surface area contributed by atoms with Crippen LogP contribution in [0.15, 0.2) is 78.9 Å². The van der Waals surface area contributed by atoms with Crippen LogP contribution in [0.3, 0.4) is 0 Å². The lowest BCUT2D eigenvalue weighted by atomic mass is 10.1. The quantitative estimate of drug-likeness (QED) is 0.252.